The molecule has 0 atom stereocenters. The van der Waals surface area contributed by atoms with Crippen molar-refractivity contribution in [2.24, 2.45) is 0 Å². The van der Waals surface area contributed by atoms with Gasteiger partial charge in [0.1, 0.15) is 5.82 Å². The van der Waals surface area contributed by atoms with Gasteiger partial charge in [-0.2, -0.15) is 4.98 Å². The van der Waals surface area contributed by atoms with Crippen LogP contribution in [0.1, 0.15) is 22.1 Å². The monoisotopic (exact) mass is 269 g/mol. The highest BCUT2D eigenvalue weighted by Crippen LogP contribution is 2.18. The summed E-state index contributed by atoms with van der Waals surface area (Å²) in [5.74, 6) is -0.604. The molecular weight excluding hydrogens is 261 g/mol. The van der Waals surface area contributed by atoms with Crippen molar-refractivity contribution >= 4 is 17.5 Å². The minimum absolute atomic E-state index is 0.0182. The Bertz CT molecular complexity index is 565. The Morgan fingerprint density at radius 2 is 2.33 bits per heavy atom. The van der Waals surface area contributed by atoms with Gasteiger partial charge in [0.05, 0.1) is 17.1 Å². The second kappa shape index (κ2) is 5.14. The fourth-order valence-electron chi connectivity index (χ4n) is 1.37. The van der Waals surface area contributed by atoms with Gasteiger partial charge >= 0.3 is 0 Å². The number of aromatic nitrogens is 2. The molecule has 2 aromatic rings. The molecule has 18 heavy (non-hydrogen) atoms. The van der Waals surface area contributed by atoms with E-state index in [1.54, 1.807) is 6.92 Å². The molecule has 94 valence electrons. The van der Waals surface area contributed by atoms with Crippen LogP contribution in [0.4, 0.5) is 4.39 Å². The molecule has 0 bridgehead atoms. The molecule has 7 heteroatoms. The van der Waals surface area contributed by atoms with E-state index >= 15 is 0 Å². The molecular formula is C11H9ClFN3O2. The average Bonchev–Trinajstić information content (AvgIpc) is 2.72. The molecule has 1 heterocycles. The summed E-state index contributed by atoms with van der Waals surface area (Å²) in [5.41, 5.74) is -0.199. The zero-order valence-corrected chi connectivity index (χ0v) is 10.2. The summed E-state index contributed by atoms with van der Waals surface area (Å²) in [7, 11) is 0. The van der Waals surface area contributed by atoms with Crippen LogP contribution in [0.2, 0.25) is 5.02 Å². The van der Waals surface area contributed by atoms with Crippen LogP contribution in [-0.4, -0.2) is 16.0 Å². The summed E-state index contributed by atoms with van der Waals surface area (Å²) in [6, 6.07) is 4.03. The SMILES string of the molecule is Cc1noc(CNC(=O)c2c(F)cccc2Cl)n1. The van der Waals surface area contributed by atoms with Crippen LogP contribution in [0.15, 0.2) is 22.7 Å². The van der Waals surface area contributed by atoms with Crippen LogP contribution in [0.5, 0.6) is 0 Å². The molecule has 0 spiro atoms. The molecule has 0 saturated heterocycles. The third kappa shape index (κ3) is 2.65. The van der Waals surface area contributed by atoms with Crippen LogP contribution >= 0.6 is 11.6 Å². The summed E-state index contributed by atoms with van der Waals surface area (Å²) in [6.07, 6.45) is 0. The highest BCUT2D eigenvalue weighted by molar-refractivity contribution is 6.33. The van der Waals surface area contributed by atoms with Crippen molar-refractivity contribution in [1.29, 1.82) is 0 Å². The van der Waals surface area contributed by atoms with E-state index in [-0.39, 0.29) is 23.0 Å². The Morgan fingerprint density at radius 3 is 2.94 bits per heavy atom. The molecule has 2 rings (SSSR count). The maximum absolute atomic E-state index is 13.4. The van der Waals surface area contributed by atoms with Gasteiger partial charge in [-0.1, -0.05) is 22.8 Å². The lowest BCUT2D eigenvalue weighted by molar-refractivity contribution is 0.0942. The molecule has 1 N–H and O–H groups in total. The zero-order valence-electron chi connectivity index (χ0n) is 9.41. The lowest BCUT2D eigenvalue weighted by atomic mass is 10.2. The fraction of sp³-hybridized carbons (Fsp3) is 0.182. The largest absolute Gasteiger partial charge is 0.343 e. The second-order valence-electron chi connectivity index (χ2n) is 3.51. The van der Waals surface area contributed by atoms with E-state index in [0.717, 1.165) is 6.07 Å². The predicted octanol–water partition coefficient (Wildman–Crippen LogP) is 2.10. The van der Waals surface area contributed by atoms with Crippen LogP contribution in [-0.2, 0) is 6.54 Å². The summed E-state index contributed by atoms with van der Waals surface area (Å²) >= 11 is 5.76. The highest BCUT2D eigenvalue weighted by atomic mass is 35.5. The van der Waals surface area contributed by atoms with Crippen LogP contribution in [0.3, 0.4) is 0 Å². The van der Waals surface area contributed by atoms with Gasteiger partial charge in [-0.15, -0.1) is 0 Å². The predicted molar refractivity (Wildman–Crippen MR) is 61.6 cm³/mol. The van der Waals surface area contributed by atoms with E-state index in [9.17, 15) is 9.18 Å². The van der Waals surface area contributed by atoms with Gasteiger partial charge in [0.2, 0.25) is 5.89 Å². The Morgan fingerprint density at radius 1 is 1.56 bits per heavy atom. The molecule has 1 amide bonds. The first-order valence-electron chi connectivity index (χ1n) is 5.09. The normalized spacial score (nSPS) is 10.4. The first kappa shape index (κ1) is 12.5. The lowest BCUT2D eigenvalue weighted by Gasteiger charge is -2.05. The Hall–Kier alpha value is -1.95. The van der Waals surface area contributed by atoms with Crippen molar-refractivity contribution in [3.63, 3.8) is 0 Å². The number of halogens is 2. The topological polar surface area (TPSA) is 68.0 Å². The van der Waals surface area contributed by atoms with Crippen LogP contribution < -0.4 is 5.32 Å². The summed E-state index contributed by atoms with van der Waals surface area (Å²) in [4.78, 5) is 15.6. The number of nitrogens with zero attached hydrogens (tertiary/aromatic N) is 2. The summed E-state index contributed by atoms with van der Waals surface area (Å²) in [5, 5.41) is 6.07. The van der Waals surface area contributed by atoms with E-state index in [1.165, 1.54) is 12.1 Å². The summed E-state index contributed by atoms with van der Waals surface area (Å²) in [6.45, 7) is 1.67. The quantitative estimate of drug-likeness (QED) is 0.926. The van der Waals surface area contributed by atoms with Gasteiger partial charge in [0.15, 0.2) is 5.82 Å². The number of amides is 1. The maximum Gasteiger partial charge on any atom is 0.256 e. The van der Waals surface area contributed by atoms with Gasteiger partial charge in [0, 0.05) is 0 Å². The number of nitrogens with one attached hydrogen (secondary N) is 1. The van der Waals surface area contributed by atoms with E-state index in [4.69, 9.17) is 16.1 Å². The lowest BCUT2D eigenvalue weighted by Crippen LogP contribution is -2.24. The first-order chi connectivity index (χ1) is 8.58. The number of aryl methyl sites for hydroxylation is 1. The van der Waals surface area contributed by atoms with Gasteiger partial charge in [-0.05, 0) is 19.1 Å². The van der Waals surface area contributed by atoms with Gasteiger partial charge in [0.25, 0.3) is 5.91 Å². The highest BCUT2D eigenvalue weighted by Gasteiger charge is 2.16. The molecule has 0 fully saturated rings. The number of benzene rings is 1. The molecule has 0 aliphatic heterocycles. The van der Waals surface area contributed by atoms with Crippen molar-refractivity contribution < 1.29 is 13.7 Å². The molecule has 0 unspecified atom stereocenters. The third-order valence-corrected chi connectivity index (χ3v) is 2.47. The summed E-state index contributed by atoms with van der Waals surface area (Å²) < 4.78 is 18.2. The van der Waals surface area contributed by atoms with Gasteiger partial charge < -0.3 is 9.84 Å². The third-order valence-electron chi connectivity index (χ3n) is 2.16. The number of carbonyl (C=O) groups is 1. The Kier molecular flexibility index (Phi) is 3.57. The molecule has 0 aliphatic rings. The van der Waals surface area contributed by atoms with Crippen molar-refractivity contribution in [3.05, 3.63) is 46.3 Å². The molecule has 0 radical (unpaired) electrons. The van der Waals surface area contributed by atoms with Crippen LogP contribution in [0, 0.1) is 12.7 Å². The first-order valence-corrected chi connectivity index (χ1v) is 5.47. The second-order valence-corrected chi connectivity index (χ2v) is 3.92. The van der Waals surface area contributed by atoms with Crippen molar-refractivity contribution in [2.45, 2.75) is 13.5 Å². The fourth-order valence-corrected chi connectivity index (χ4v) is 1.62. The number of hydrogen-bond donors (Lipinski definition) is 1. The van der Waals surface area contributed by atoms with Crippen LogP contribution in [0.25, 0.3) is 0 Å². The van der Waals surface area contributed by atoms with Gasteiger partial charge in [-0.3, -0.25) is 4.79 Å². The smallest absolute Gasteiger partial charge is 0.256 e. The Balaban J connectivity index is 2.08. The van der Waals surface area contributed by atoms with Gasteiger partial charge in [-0.25, -0.2) is 4.39 Å². The van der Waals surface area contributed by atoms with E-state index in [0.29, 0.717) is 5.82 Å². The standard InChI is InChI=1S/C11H9ClFN3O2/c1-6-15-9(18-16-6)5-14-11(17)10-7(12)3-2-4-8(10)13/h2-4H,5H2,1H3,(H,14,17). The average molecular weight is 270 g/mol. The Labute approximate surface area is 107 Å². The van der Waals surface area contributed by atoms with Crippen molar-refractivity contribution in [2.75, 3.05) is 0 Å². The maximum atomic E-state index is 13.4. The number of rotatable bonds is 3. The minimum Gasteiger partial charge on any atom is -0.343 e. The molecule has 1 aromatic heterocycles. The number of carbonyl (C=O) groups excluding carboxylic acids is 1. The van der Waals surface area contributed by atoms with Crippen molar-refractivity contribution in [3.8, 4) is 0 Å². The van der Waals surface area contributed by atoms with E-state index < -0.39 is 11.7 Å². The van der Waals surface area contributed by atoms with E-state index in [2.05, 4.69) is 15.5 Å². The number of hydrogen-bond acceptors (Lipinski definition) is 4. The molecule has 1 aromatic carbocycles. The molecule has 5 nitrogen and oxygen atoms in total. The van der Waals surface area contributed by atoms with Crippen molar-refractivity contribution in [1.82, 2.24) is 15.5 Å². The minimum atomic E-state index is -0.679. The molecule has 0 aliphatic carbocycles. The molecule has 0 saturated carbocycles. The van der Waals surface area contributed by atoms with E-state index in [1.807, 2.05) is 0 Å². The zero-order chi connectivity index (χ0) is 13.1.